The number of aliphatic hydroxyl groups is 1. The summed E-state index contributed by atoms with van der Waals surface area (Å²) >= 11 is 0. The minimum atomic E-state index is -1.30. The molecule has 0 amide bonds. The zero-order valence-electron chi connectivity index (χ0n) is 16.8. The Labute approximate surface area is 169 Å². The van der Waals surface area contributed by atoms with Crippen LogP contribution < -0.4 is 0 Å². The second-order valence-corrected chi connectivity index (χ2v) is 7.28. The van der Waals surface area contributed by atoms with Crippen molar-refractivity contribution in [3.05, 3.63) is 45.5 Å². The summed E-state index contributed by atoms with van der Waals surface area (Å²) in [6.07, 6.45) is 4.95. The smallest absolute Gasteiger partial charge is 0.334 e. The number of non-ortho nitro benzene ring substituents is 1. The molecular formula is C21H27NO7. The number of ether oxygens (including phenoxy) is 2. The molecule has 0 saturated carbocycles. The van der Waals surface area contributed by atoms with Crippen molar-refractivity contribution in [1.29, 1.82) is 0 Å². The lowest BCUT2D eigenvalue weighted by atomic mass is 9.97. The van der Waals surface area contributed by atoms with Gasteiger partial charge in [0, 0.05) is 24.1 Å². The largest absolute Gasteiger partial charge is 0.461 e. The van der Waals surface area contributed by atoms with Gasteiger partial charge in [-0.2, -0.15) is 0 Å². The summed E-state index contributed by atoms with van der Waals surface area (Å²) in [7, 11) is 0. The number of nitro benzene ring substituents is 1. The van der Waals surface area contributed by atoms with E-state index in [9.17, 15) is 24.8 Å². The molecule has 8 nitrogen and oxygen atoms in total. The molecule has 0 aromatic heterocycles. The highest BCUT2D eigenvalue weighted by molar-refractivity contribution is 5.96. The maximum atomic E-state index is 12.3. The Morgan fingerprint density at radius 3 is 2.62 bits per heavy atom. The number of carbonyl (C=O) groups is 2. The normalized spacial score (nSPS) is 21.1. The van der Waals surface area contributed by atoms with Crippen LogP contribution in [0.1, 0.15) is 51.5 Å². The molecule has 1 N–H and O–H groups in total. The van der Waals surface area contributed by atoms with Crippen molar-refractivity contribution in [3.63, 3.8) is 0 Å². The number of cyclic esters (lactones) is 1. The number of aliphatic hydroxyl groups excluding tert-OH is 1. The highest BCUT2D eigenvalue weighted by Crippen LogP contribution is 2.33. The average molecular weight is 405 g/mol. The Morgan fingerprint density at radius 1 is 1.38 bits per heavy atom. The Kier molecular flexibility index (Phi) is 7.90. The Morgan fingerprint density at radius 2 is 2.07 bits per heavy atom. The zero-order valence-corrected chi connectivity index (χ0v) is 16.8. The van der Waals surface area contributed by atoms with Crippen molar-refractivity contribution in [3.8, 4) is 0 Å². The number of nitro groups is 1. The van der Waals surface area contributed by atoms with Gasteiger partial charge in [0.1, 0.15) is 6.61 Å². The monoisotopic (exact) mass is 405 g/mol. The number of nitrogens with zero attached hydrogens (tertiary/aromatic N) is 1. The Hall–Kier alpha value is -2.74. The van der Waals surface area contributed by atoms with E-state index in [2.05, 4.69) is 6.92 Å². The third-order valence-corrected chi connectivity index (χ3v) is 5.03. The van der Waals surface area contributed by atoms with Crippen molar-refractivity contribution >= 4 is 23.7 Å². The van der Waals surface area contributed by atoms with Gasteiger partial charge >= 0.3 is 11.9 Å². The van der Waals surface area contributed by atoms with E-state index in [4.69, 9.17) is 9.47 Å². The SMILES string of the molecule is CCCCC(CC)C(=O)OCC1(CO)C/C(=C/c2ccc([N+](=O)[O-])cc2)C(=O)O1. The number of unbranched alkanes of at least 4 members (excludes halogenated alkanes) is 1. The molecule has 1 aliphatic rings. The third kappa shape index (κ3) is 5.87. The molecule has 1 aromatic rings. The van der Waals surface area contributed by atoms with Gasteiger partial charge in [0.2, 0.25) is 0 Å². The molecule has 1 aliphatic heterocycles. The number of rotatable bonds is 10. The van der Waals surface area contributed by atoms with Crippen LogP contribution in [-0.2, 0) is 19.1 Å². The fraction of sp³-hybridized carbons (Fsp3) is 0.524. The van der Waals surface area contributed by atoms with Gasteiger partial charge in [-0.05, 0) is 36.6 Å². The molecule has 1 aromatic carbocycles. The van der Waals surface area contributed by atoms with E-state index in [1.807, 2.05) is 6.92 Å². The van der Waals surface area contributed by atoms with Gasteiger partial charge in [0.15, 0.2) is 5.60 Å². The number of esters is 2. The third-order valence-electron chi connectivity index (χ3n) is 5.03. The quantitative estimate of drug-likeness (QED) is 0.274. The molecular weight excluding hydrogens is 378 g/mol. The molecule has 2 atom stereocenters. The lowest BCUT2D eigenvalue weighted by Gasteiger charge is -2.25. The van der Waals surface area contributed by atoms with Gasteiger partial charge in [0.25, 0.3) is 5.69 Å². The number of carbonyl (C=O) groups excluding carboxylic acids is 2. The summed E-state index contributed by atoms with van der Waals surface area (Å²) in [5.41, 5.74) is -0.449. The van der Waals surface area contributed by atoms with Crippen LogP contribution >= 0.6 is 0 Å². The average Bonchev–Trinajstić information content (AvgIpc) is 3.03. The first-order valence-corrected chi connectivity index (χ1v) is 9.80. The van der Waals surface area contributed by atoms with Gasteiger partial charge < -0.3 is 14.6 Å². The molecule has 1 fully saturated rings. The van der Waals surface area contributed by atoms with E-state index in [-0.39, 0.29) is 30.6 Å². The molecule has 2 unspecified atom stereocenters. The van der Waals surface area contributed by atoms with Crippen molar-refractivity contribution in [2.75, 3.05) is 13.2 Å². The predicted molar refractivity (Wildman–Crippen MR) is 106 cm³/mol. The van der Waals surface area contributed by atoms with Gasteiger partial charge in [-0.15, -0.1) is 0 Å². The highest BCUT2D eigenvalue weighted by Gasteiger charge is 2.44. The van der Waals surface area contributed by atoms with Crippen LogP contribution in [0.4, 0.5) is 5.69 Å². The summed E-state index contributed by atoms with van der Waals surface area (Å²) in [6.45, 7) is 3.28. The minimum absolute atomic E-state index is 0.0497. The first kappa shape index (κ1) is 22.5. The van der Waals surface area contributed by atoms with E-state index in [1.54, 1.807) is 6.08 Å². The molecule has 0 spiro atoms. The summed E-state index contributed by atoms with van der Waals surface area (Å²) < 4.78 is 10.7. The maximum Gasteiger partial charge on any atom is 0.334 e. The molecule has 1 saturated heterocycles. The molecule has 8 heteroatoms. The van der Waals surface area contributed by atoms with Crippen LogP contribution in [0.5, 0.6) is 0 Å². The van der Waals surface area contributed by atoms with Crippen LogP contribution in [-0.4, -0.2) is 40.8 Å². The van der Waals surface area contributed by atoms with E-state index in [1.165, 1.54) is 24.3 Å². The molecule has 0 bridgehead atoms. The maximum absolute atomic E-state index is 12.3. The minimum Gasteiger partial charge on any atom is -0.461 e. The fourth-order valence-electron chi connectivity index (χ4n) is 3.19. The van der Waals surface area contributed by atoms with Gasteiger partial charge in [-0.25, -0.2) is 4.79 Å². The van der Waals surface area contributed by atoms with Crippen LogP contribution in [0.25, 0.3) is 6.08 Å². The van der Waals surface area contributed by atoms with Crippen LogP contribution in [0.2, 0.25) is 0 Å². The van der Waals surface area contributed by atoms with Gasteiger partial charge in [-0.1, -0.05) is 26.7 Å². The fourth-order valence-corrected chi connectivity index (χ4v) is 3.19. The summed E-state index contributed by atoms with van der Waals surface area (Å²) in [5.74, 6) is -1.16. The molecule has 1 heterocycles. The standard InChI is InChI=1S/C21H27NO7/c1-3-5-6-16(4-2)19(24)28-14-21(13-23)12-17(20(25)29-21)11-15-7-9-18(10-8-15)22(26)27/h7-11,16,23H,3-6,12-14H2,1-2H3/b17-11-. The molecule has 0 radical (unpaired) electrons. The van der Waals surface area contributed by atoms with Crippen molar-refractivity contribution in [2.45, 2.75) is 51.6 Å². The number of hydrogen-bond acceptors (Lipinski definition) is 7. The molecule has 2 rings (SSSR count). The van der Waals surface area contributed by atoms with E-state index < -0.39 is 23.1 Å². The van der Waals surface area contributed by atoms with E-state index >= 15 is 0 Å². The lowest BCUT2D eigenvalue weighted by Crippen LogP contribution is -2.40. The Balaban J connectivity index is 2.06. The first-order chi connectivity index (χ1) is 13.8. The molecule has 158 valence electrons. The number of hydrogen-bond donors (Lipinski definition) is 1. The van der Waals surface area contributed by atoms with Crippen LogP contribution in [0, 0.1) is 16.0 Å². The second-order valence-electron chi connectivity index (χ2n) is 7.28. The zero-order chi connectivity index (χ0) is 21.4. The summed E-state index contributed by atoms with van der Waals surface area (Å²) in [6, 6.07) is 5.73. The van der Waals surface area contributed by atoms with Gasteiger partial charge in [0.05, 0.1) is 17.4 Å². The van der Waals surface area contributed by atoms with E-state index in [0.29, 0.717) is 17.6 Å². The molecule has 29 heavy (non-hydrogen) atoms. The number of benzene rings is 1. The van der Waals surface area contributed by atoms with Crippen LogP contribution in [0.15, 0.2) is 29.8 Å². The lowest BCUT2D eigenvalue weighted by molar-refractivity contribution is -0.384. The summed E-state index contributed by atoms with van der Waals surface area (Å²) in [5, 5.41) is 20.5. The van der Waals surface area contributed by atoms with Gasteiger partial charge in [-0.3, -0.25) is 14.9 Å². The Bertz CT molecular complexity index is 772. The van der Waals surface area contributed by atoms with Crippen molar-refractivity contribution in [2.24, 2.45) is 5.92 Å². The van der Waals surface area contributed by atoms with Crippen molar-refractivity contribution in [1.82, 2.24) is 0 Å². The van der Waals surface area contributed by atoms with Crippen molar-refractivity contribution < 1.29 is 29.1 Å². The summed E-state index contributed by atoms with van der Waals surface area (Å²) in [4.78, 5) is 34.8. The van der Waals surface area contributed by atoms with Crippen LogP contribution in [0.3, 0.4) is 0 Å². The predicted octanol–water partition coefficient (Wildman–Crippen LogP) is 3.42. The highest BCUT2D eigenvalue weighted by atomic mass is 16.6. The first-order valence-electron chi connectivity index (χ1n) is 9.80. The molecule has 0 aliphatic carbocycles. The second kappa shape index (κ2) is 10.2. The topological polar surface area (TPSA) is 116 Å². The van der Waals surface area contributed by atoms with E-state index in [0.717, 1.165) is 19.3 Å².